The molecule has 4 heteroatoms. The predicted octanol–water partition coefficient (Wildman–Crippen LogP) is 4.62. The molecule has 0 aromatic rings. The highest BCUT2D eigenvalue weighted by atomic mass is 16.7. The van der Waals surface area contributed by atoms with E-state index in [1.54, 1.807) is 0 Å². The van der Waals surface area contributed by atoms with Gasteiger partial charge in [-0.25, -0.2) is 4.79 Å². The lowest BCUT2D eigenvalue weighted by molar-refractivity contribution is 0.0299. The first-order chi connectivity index (χ1) is 9.20. The Kier molecular flexibility index (Phi) is 13.1. The number of unbranched alkanes of at least 4 members (excludes halogenated alkanes) is 4. The Morgan fingerprint density at radius 3 is 2.26 bits per heavy atom. The van der Waals surface area contributed by atoms with Crippen LogP contribution in [-0.4, -0.2) is 30.6 Å². The quantitative estimate of drug-likeness (QED) is 0.393. The Labute approximate surface area is 117 Å². The van der Waals surface area contributed by atoms with E-state index in [0.29, 0.717) is 0 Å². The van der Waals surface area contributed by atoms with Crippen molar-refractivity contribution in [2.24, 2.45) is 0 Å². The van der Waals surface area contributed by atoms with E-state index < -0.39 is 6.16 Å². The molecule has 1 N–H and O–H groups in total. The molecule has 0 rings (SSSR count). The van der Waals surface area contributed by atoms with Crippen LogP contribution >= 0.6 is 0 Å². The first-order valence-corrected chi connectivity index (χ1v) is 7.68. The van der Waals surface area contributed by atoms with Crippen molar-refractivity contribution in [3.05, 3.63) is 0 Å². The standard InChI is InChI=1S/C15H30O4/c1-3-5-7-8-10-14(18-12-6-4-2)11-9-13-19-15(16)17/h14H,3-13H2,1-2H3,(H,16,17). The molecule has 1 unspecified atom stereocenters. The molecule has 4 nitrogen and oxygen atoms in total. The average Bonchev–Trinajstić information content (AvgIpc) is 2.38. The van der Waals surface area contributed by atoms with Crippen LogP contribution in [0, 0.1) is 0 Å². The molecule has 0 fully saturated rings. The maximum absolute atomic E-state index is 10.2. The second kappa shape index (κ2) is 13.7. The third kappa shape index (κ3) is 13.5. The maximum atomic E-state index is 10.2. The lowest BCUT2D eigenvalue weighted by Crippen LogP contribution is -2.15. The van der Waals surface area contributed by atoms with Crippen molar-refractivity contribution in [1.82, 2.24) is 0 Å². The number of ether oxygens (including phenoxy) is 2. The highest BCUT2D eigenvalue weighted by Gasteiger charge is 2.09. The molecule has 1 atom stereocenters. The molecule has 0 radical (unpaired) electrons. The third-order valence-corrected chi connectivity index (χ3v) is 3.13. The molecule has 0 spiro atoms. The van der Waals surface area contributed by atoms with Crippen LogP contribution < -0.4 is 0 Å². The van der Waals surface area contributed by atoms with Crippen LogP contribution in [0.2, 0.25) is 0 Å². The Morgan fingerprint density at radius 1 is 0.947 bits per heavy atom. The molecule has 0 amide bonds. The van der Waals surface area contributed by atoms with E-state index in [1.165, 1.54) is 25.7 Å². The van der Waals surface area contributed by atoms with Crippen molar-refractivity contribution in [3.63, 3.8) is 0 Å². The van der Waals surface area contributed by atoms with E-state index in [9.17, 15) is 4.79 Å². The van der Waals surface area contributed by atoms with Crippen LogP contribution in [-0.2, 0) is 9.47 Å². The van der Waals surface area contributed by atoms with Crippen molar-refractivity contribution in [1.29, 1.82) is 0 Å². The number of carbonyl (C=O) groups is 1. The second-order valence-electron chi connectivity index (χ2n) is 4.95. The summed E-state index contributed by atoms with van der Waals surface area (Å²) in [6.07, 6.45) is 9.02. The van der Waals surface area contributed by atoms with Crippen LogP contribution in [0.4, 0.5) is 4.79 Å². The van der Waals surface area contributed by atoms with Crippen molar-refractivity contribution < 1.29 is 19.4 Å². The summed E-state index contributed by atoms with van der Waals surface area (Å²) < 4.78 is 10.4. The molecule has 0 aliphatic carbocycles. The molecule has 0 saturated carbocycles. The first kappa shape index (κ1) is 18.2. The summed E-state index contributed by atoms with van der Waals surface area (Å²) in [5.74, 6) is 0. The van der Waals surface area contributed by atoms with Gasteiger partial charge >= 0.3 is 6.16 Å². The highest BCUT2D eigenvalue weighted by Crippen LogP contribution is 2.14. The molecule has 114 valence electrons. The monoisotopic (exact) mass is 274 g/mol. The number of hydrogen-bond donors (Lipinski definition) is 1. The van der Waals surface area contributed by atoms with Crippen molar-refractivity contribution in [2.45, 2.75) is 77.7 Å². The van der Waals surface area contributed by atoms with E-state index in [4.69, 9.17) is 9.84 Å². The minimum absolute atomic E-state index is 0.265. The van der Waals surface area contributed by atoms with Gasteiger partial charge < -0.3 is 14.6 Å². The van der Waals surface area contributed by atoms with Crippen molar-refractivity contribution in [2.75, 3.05) is 13.2 Å². The van der Waals surface area contributed by atoms with Crippen LogP contribution in [0.25, 0.3) is 0 Å². The van der Waals surface area contributed by atoms with Gasteiger partial charge in [0.1, 0.15) is 0 Å². The summed E-state index contributed by atoms with van der Waals surface area (Å²) in [6, 6.07) is 0. The zero-order valence-corrected chi connectivity index (χ0v) is 12.5. The fourth-order valence-electron chi connectivity index (χ4n) is 1.97. The minimum atomic E-state index is -1.19. The molecule has 0 aliphatic heterocycles. The molecular formula is C15H30O4. The molecule has 0 heterocycles. The van der Waals surface area contributed by atoms with E-state index in [1.807, 2.05) is 0 Å². The van der Waals surface area contributed by atoms with Crippen LogP contribution in [0.3, 0.4) is 0 Å². The molecule has 0 aliphatic rings. The van der Waals surface area contributed by atoms with Gasteiger partial charge in [-0.05, 0) is 25.7 Å². The zero-order valence-electron chi connectivity index (χ0n) is 12.5. The highest BCUT2D eigenvalue weighted by molar-refractivity contribution is 5.56. The Morgan fingerprint density at radius 2 is 1.63 bits per heavy atom. The van der Waals surface area contributed by atoms with Gasteiger partial charge in [-0.15, -0.1) is 0 Å². The van der Waals surface area contributed by atoms with Gasteiger partial charge in [-0.3, -0.25) is 0 Å². The fourth-order valence-corrected chi connectivity index (χ4v) is 1.97. The lowest BCUT2D eigenvalue weighted by Gasteiger charge is -2.17. The SMILES string of the molecule is CCCCCCC(CCCOC(=O)O)OCCCC. The van der Waals surface area contributed by atoms with Gasteiger partial charge in [0.05, 0.1) is 12.7 Å². The normalized spacial score (nSPS) is 12.3. The summed E-state index contributed by atoms with van der Waals surface area (Å²) in [7, 11) is 0. The van der Waals surface area contributed by atoms with Gasteiger partial charge in [0.15, 0.2) is 0 Å². The summed E-state index contributed by atoms with van der Waals surface area (Å²) >= 11 is 0. The van der Waals surface area contributed by atoms with E-state index in [2.05, 4.69) is 18.6 Å². The number of carboxylic acid groups (broad SMARTS) is 1. The summed E-state index contributed by atoms with van der Waals surface area (Å²) in [5.41, 5.74) is 0. The largest absolute Gasteiger partial charge is 0.505 e. The summed E-state index contributed by atoms with van der Waals surface area (Å²) in [4.78, 5) is 10.2. The van der Waals surface area contributed by atoms with Crippen LogP contribution in [0.1, 0.15) is 71.6 Å². The molecular weight excluding hydrogens is 244 g/mol. The lowest BCUT2D eigenvalue weighted by atomic mass is 10.1. The Hall–Kier alpha value is -0.770. The molecule has 0 bridgehead atoms. The van der Waals surface area contributed by atoms with E-state index in [-0.39, 0.29) is 12.7 Å². The van der Waals surface area contributed by atoms with Gasteiger partial charge in [0, 0.05) is 6.61 Å². The van der Waals surface area contributed by atoms with Gasteiger partial charge in [-0.1, -0.05) is 46.0 Å². The molecule has 0 aromatic heterocycles. The van der Waals surface area contributed by atoms with E-state index >= 15 is 0 Å². The number of hydrogen-bond acceptors (Lipinski definition) is 3. The Bertz CT molecular complexity index is 206. The topological polar surface area (TPSA) is 55.8 Å². The van der Waals surface area contributed by atoms with Crippen molar-refractivity contribution in [3.8, 4) is 0 Å². The summed E-state index contributed by atoms with van der Waals surface area (Å²) in [5, 5.41) is 8.40. The van der Waals surface area contributed by atoms with Crippen LogP contribution in [0.5, 0.6) is 0 Å². The van der Waals surface area contributed by atoms with Gasteiger partial charge in [-0.2, -0.15) is 0 Å². The Balaban J connectivity index is 3.72. The third-order valence-electron chi connectivity index (χ3n) is 3.13. The van der Waals surface area contributed by atoms with Gasteiger partial charge in [0.25, 0.3) is 0 Å². The fraction of sp³-hybridized carbons (Fsp3) is 0.933. The van der Waals surface area contributed by atoms with Gasteiger partial charge in [0.2, 0.25) is 0 Å². The molecule has 19 heavy (non-hydrogen) atoms. The average molecular weight is 274 g/mol. The summed E-state index contributed by atoms with van der Waals surface area (Å²) in [6.45, 7) is 5.45. The first-order valence-electron chi connectivity index (χ1n) is 7.68. The molecule has 0 aromatic carbocycles. The smallest absolute Gasteiger partial charge is 0.450 e. The number of rotatable bonds is 13. The predicted molar refractivity (Wildman–Crippen MR) is 76.6 cm³/mol. The maximum Gasteiger partial charge on any atom is 0.505 e. The zero-order chi connectivity index (χ0) is 14.3. The van der Waals surface area contributed by atoms with E-state index in [0.717, 1.165) is 38.7 Å². The van der Waals surface area contributed by atoms with Crippen LogP contribution in [0.15, 0.2) is 0 Å². The second-order valence-corrected chi connectivity index (χ2v) is 4.95. The minimum Gasteiger partial charge on any atom is -0.450 e. The van der Waals surface area contributed by atoms with Crippen molar-refractivity contribution >= 4 is 6.16 Å². The molecule has 0 saturated heterocycles.